The Hall–Kier alpha value is -2.83. The van der Waals surface area contributed by atoms with Gasteiger partial charge in [-0.15, -0.1) is 0 Å². The molecule has 0 saturated carbocycles. The van der Waals surface area contributed by atoms with Gasteiger partial charge in [0.15, 0.2) is 0 Å². The van der Waals surface area contributed by atoms with Crippen LogP contribution in [0.25, 0.3) is 11.0 Å². The number of rotatable bonds is 4. The van der Waals surface area contributed by atoms with E-state index >= 15 is 0 Å². The lowest BCUT2D eigenvalue weighted by Crippen LogP contribution is -2.32. The van der Waals surface area contributed by atoms with Crippen LogP contribution in [0, 0.1) is 6.92 Å². The minimum absolute atomic E-state index is 0.0767. The molecule has 0 aromatic carbocycles. The van der Waals surface area contributed by atoms with Crippen LogP contribution in [-0.2, 0) is 17.9 Å². The van der Waals surface area contributed by atoms with Crippen LogP contribution in [0.5, 0.6) is 0 Å². The molecule has 0 atom stereocenters. The number of amides is 1. The molecular weight excluding hydrogens is 272 g/mol. The van der Waals surface area contributed by atoms with Crippen molar-refractivity contribution < 1.29 is 9.21 Å². The second kappa shape index (κ2) is 5.28. The lowest BCUT2D eigenvalue weighted by Gasteiger charge is -2.05. The number of furan rings is 1. The maximum Gasteiger partial charge on any atom is 0.263 e. The van der Waals surface area contributed by atoms with E-state index in [-0.39, 0.29) is 18.0 Å². The SMILES string of the molecule is Cc1cc2c(=O)n(CC(=O)NCc3ccco3)cnc2[nH]1. The number of carbonyl (C=O) groups excluding carboxylic acids is 1. The van der Waals surface area contributed by atoms with Gasteiger partial charge in [-0.2, -0.15) is 0 Å². The van der Waals surface area contributed by atoms with E-state index in [1.807, 2.05) is 6.92 Å². The lowest BCUT2D eigenvalue weighted by atomic mass is 10.3. The van der Waals surface area contributed by atoms with Crippen molar-refractivity contribution in [2.24, 2.45) is 0 Å². The zero-order chi connectivity index (χ0) is 14.8. The second-order valence-corrected chi connectivity index (χ2v) is 4.75. The number of carbonyl (C=O) groups is 1. The van der Waals surface area contributed by atoms with Crippen LogP contribution < -0.4 is 10.9 Å². The monoisotopic (exact) mass is 286 g/mol. The van der Waals surface area contributed by atoms with Crippen LogP contribution in [0.1, 0.15) is 11.5 Å². The van der Waals surface area contributed by atoms with Gasteiger partial charge in [0.05, 0.1) is 18.2 Å². The van der Waals surface area contributed by atoms with Crippen molar-refractivity contribution in [3.8, 4) is 0 Å². The maximum atomic E-state index is 12.2. The van der Waals surface area contributed by atoms with Gasteiger partial charge in [0, 0.05) is 5.69 Å². The first kappa shape index (κ1) is 13.2. The smallest absolute Gasteiger partial charge is 0.263 e. The summed E-state index contributed by atoms with van der Waals surface area (Å²) in [6, 6.07) is 5.24. The van der Waals surface area contributed by atoms with Gasteiger partial charge in [-0.25, -0.2) is 4.98 Å². The fourth-order valence-electron chi connectivity index (χ4n) is 2.10. The zero-order valence-electron chi connectivity index (χ0n) is 11.4. The Balaban J connectivity index is 1.73. The number of hydrogen-bond acceptors (Lipinski definition) is 4. The molecule has 3 heterocycles. The largest absolute Gasteiger partial charge is 0.467 e. The molecular formula is C14H14N4O3. The summed E-state index contributed by atoms with van der Waals surface area (Å²) in [7, 11) is 0. The van der Waals surface area contributed by atoms with Gasteiger partial charge in [0.25, 0.3) is 5.56 Å². The van der Waals surface area contributed by atoms with Gasteiger partial charge in [-0.3, -0.25) is 14.2 Å². The number of hydrogen-bond donors (Lipinski definition) is 2. The minimum atomic E-state index is -0.276. The summed E-state index contributed by atoms with van der Waals surface area (Å²) in [5, 5.41) is 3.17. The van der Waals surface area contributed by atoms with Crippen LogP contribution in [0.3, 0.4) is 0 Å². The van der Waals surface area contributed by atoms with Crippen molar-refractivity contribution in [3.05, 3.63) is 52.6 Å². The highest BCUT2D eigenvalue weighted by Gasteiger charge is 2.10. The summed E-state index contributed by atoms with van der Waals surface area (Å²) < 4.78 is 6.40. The fourth-order valence-corrected chi connectivity index (χ4v) is 2.10. The van der Waals surface area contributed by atoms with Gasteiger partial charge in [0.1, 0.15) is 24.3 Å². The van der Waals surface area contributed by atoms with E-state index < -0.39 is 0 Å². The van der Waals surface area contributed by atoms with Crippen LogP contribution in [0.2, 0.25) is 0 Å². The highest BCUT2D eigenvalue weighted by Crippen LogP contribution is 2.06. The Labute approximate surface area is 119 Å². The number of H-pyrrole nitrogens is 1. The molecule has 0 spiro atoms. The Kier molecular flexibility index (Phi) is 3.31. The van der Waals surface area contributed by atoms with E-state index in [4.69, 9.17) is 4.42 Å². The first-order valence-electron chi connectivity index (χ1n) is 6.47. The number of aromatic nitrogens is 3. The van der Waals surface area contributed by atoms with Gasteiger partial charge in [0.2, 0.25) is 5.91 Å². The van der Waals surface area contributed by atoms with Gasteiger partial charge >= 0.3 is 0 Å². The summed E-state index contributed by atoms with van der Waals surface area (Å²) in [6.07, 6.45) is 2.91. The first-order chi connectivity index (χ1) is 10.1. The predicted molar refractivity (Wildman–Crippen MR) is 75.6 cm³/mol. The number of aromatic amines is 1. The zero-order valence-corrected chi connectivity index (χ0v) is 11.4. The molecule has 0 fully saturated rings. The Morgan fingerprint density at radius 1 is 1.52 bits per heavy atom. The molecule has 2 N–H and O–H groups in total. The molecule has 0 aliphatic heterocycles. The van der Waals surface area contributed by atoms with E-state index in [9.17, 15) is 9.59 Å². The van der Waals surface area contributed by atoms with Crippen molar-refractivity contribution >= 4 is 16.9 Å². The molecule has 3 aromatic rings. The topological polar surface area (TPSA) is 92.9 Å². The quantitative estimate of drug-likeness (QED) is 0.746. The lowest BCUT2D eigenvalue weighted by molar-refractivity contribution is -0.122. The summed E-state index contributed by atoms with van der Waals surface area (Å²) >= 11 is 0. The summed E-state index contributed by atoms with van der Waals surface area (Å²) in [5.74, 6) is 0.382. The molecule has 0 unspecified atom stereocenters. The Bertz CT molecular complexity index is 830. The summed E-state index contributed by atoms with van der Waals surface area (Å²) in [5.41, 5.74) is 1.15. The summed E-state index contributed by atoms with van der Waals surface area (Å²) in [6.45, 7) is 2.06. The maximum absolute atomic E-state index is 12.2. The highest BCUT2D eigenvalue weighted by molar-refractivity contribution is 5.77. The molecule has 0 saturated heterocycles. The van der Waals surface area contributed by atoms with Crippen molar-refractivity contribution in [3.63, 3.8) is 0 Å². The molecule has 0 bridgehead atoms. The fraction of sp³-hybridized carbons (Fsp3) is 0.214. The third-order valence-electron chi connectivity index (χ3n) is 3.10. The molecule has 0 aliphatic rings. The van der Waals surface area contributed by atoms with E-state index in [0.717, 1.165) is 5.69 Å². The van der Waals surface area contributed by atoms with Crippen LogP contribution in [0.4, 0.5) is 0 Å². The van der Waals surface area contributed by atoms with Crippen LogP contribution in [0.15, 0.2) is 40.0 Å². The van der Waals surface area contributed by atoms with E-state index in [1.165, 1.54) is 17.2 Å². The van der Waals surface area contributed by atoms with Gasteiger partial charge in [-0.05, 0) is 25.1 Å². The average molecular weight is 286 g/mol. The molecule has 7 heteroatoms. The normalized spacial score (nSPS) is 10.9. The third-order valence-corrected chi connectivity index (χ3v) is 3.10. The van der Waals surface area contributed by atoms with Gasteiger partial charge in [-0.1, -0.05) is 0 Å². The minimum Gasteiger partial charge on any atom is -0.467 e. The van der Waals surface area contributed by atoms with Crippen molar-refractivity contribution in [2.45, 2.75) is 20.0 Å². The van der Waals surface area contributed by atoms with Crippen molar-refractivity contribution in [1.29, 1.82) is 0 Å². The molecule has 108 valence electrons. The Morgan fingerprint density at radius 2 is 2.38 bits per heavy atom. The predicted octanol–water partition coefficient (Wildman–Crippen LogP) is 0.942. The van der Waals surface area contributed by atoms with Gasteiger partial charge < -0.3 is 14.7 Å². The van der Waals surface area contributed by atoms with Crippen molar-refractivity contribution in [1.82, 2.24) is 19.9 Å². The number of fused-ring (bicyclic) bond motifs is 1. The van der Waals surface area contributed by atoms with Crippen LogP contribution in [-0.4, -0.2) is 20.4 Å². The van der Waals surface area contributed by atoms with E-state index in [0.29, 0.717) is 23.3 Å². The first-order valence-corrected chi connectivity index (χ1v) is 6.47. The number of nitrogens with one attached hydrogen (secondary N) is 2. The number of nitrogens with zero attached hydrogens (tertiary/aromatic N) is 2. The van der Waals surface area contributed by atoms with Crippen LogP contribution >= 0.6 is 0 Å². The average Bonchev–Trinajstić information content (AvgIpc) is 3.09. The van der Waals surface area contributed by atoms with E-state index in [2.05, 4.69) is 15.3 Å². The van der Waals surface area contributed by atoms with Crippen molar-refractivity contribution in [2.75, 3.05) is 0 Å². The molecule has 0 aliphatic carbocycles. The molecule has 21 heavy (non-hydrogen) atoms. The second-order valence-electron chi connectivity index (χ2n) is 4.75. The standard InChI is InChI=1S/C14H14N4O3/c1-9-5-11-13(17-9)16-8-18(14(11)20)7-12(19)15-6-10-3-2-4-21-10/h2-5,8,17H,6-7H2,1H3,(H,15,19). The number of aryl methyl sites for hydroxylation is 1. The summed E-state index contributed by atoms with van der Waals surface area (Å²) in [4.78, 5) is 31.2. The molecule has 3 rings (SSSR count). The molecule has 7 nitrogen and oxygen atoms in total. The highest BCUT2D eigenvalue weighted by atomic mass is 16.3. The van der Waals surface area contributed by atoms with E-state index in [1.54, 1.807) is 18.2 Å². The Morgan fingerprint density at radius 3 is 3.14 bits per heavy atom. The third kappa shape index (κ3) is 2.71. The molecule has 1 amide bonds. The molecule has 3 aromatic heterocycles. The molecule has 0 radical (unpaired) electrons.